The van der Waals surface area contributed by atoms with E-state index < -0.39 is 5.60 Å². The van der Waals surface area contributed by atoms with Gasteiger partial charge in [-0.3, -0.25) is 0 Å². The summed E-state index contributed by atoms with van der Waals surface area (Å²) < 4.78 is 12.8. The predicted octanol–water partition coefficient (Wildman–Crippen LogP) is 5.64. The second kappa shape index (κ2) is 7.01. The SMILES string of the molecule is COc1c2c(c(Br)c(C(C)C)c1OC)CC[C@H]1C(C)(C)CCC[C@]1(O)C2. The van der Waals surface area contributed by atoms with Crippen LogP contribution in [0.2, 0.25) is 0 Å². The summed E-state index contributed by atoms with van der Waals surface area (Å²) in [5, 5.41) is 11.7. The molecule has 0 aliphatic heterocycles. The highest BCUT2D eigenvalue weighted by atomic mass is 79.9. The molecule has 26 heavy (non-hydrogen) atoms. The van der Waals surface area contributed by atoms with E-state index in [9.17, 15) is 5.11 Å². The molecule has 0 aromatic heterocycles. The van der Waals surface area contributed by atoms with Crippen molar-refractivity contribution in [2.75, 3.05) is 14.2 Å². The third-order valence-corrected chi connectivity index (χ3v) is 7.67. The van der Waals surface area contributed by atoms with E-state index in [-0.39, 0.29) is 5.41 Å². The number of methoxy groups -OCH3 is 2. The molecule has 146 valence electrons. The monoisotopic (exact) mass is 424 g/mol. The molecule has 2 aliphatic rings. The van der Waals surface area contributed by atoms with Crippen molar-refractivity contribution in [3.8, 4) is 11.5 Å². The van der Waals surface area contributed by atoms with Crippen molar-refractivity contribution in [2.45, 2.75) is 77.7 Å². The van der Waals surface area contributed by atoms with Crippen molar-refractivity contribution in [1.82, 2.24) is 0 Å². The zero-order chi connectivity index (χ0) is 19.3. The highest BCUT2D eigenvalue weighted by Crippen LogP contribution is 2.55. The molecule has 1 saturated carbocycles. The summed E-state index contributed by atoms with van der Waals surface area (Å²) in [7, 11) is 3.42. The smallest absolute Gasteiger partial charge is 0.165 e. The van der Waals surface area contributed by atoms with E-state index in [4.69, 9.17) is 9.47 Å². The minimum Gasteiger partial charge on any atom is -0.493 e. The van der Waals surface area contributed by atoms with E-state index in [1.807, 2.05) is 0 Å². The van der Waals surface area contributed by atoms with Crippen LogP contribution in [-0.2, 0) is 12.8 Å². The van der Waals surface area contributed by atoms with Crippen LogP contribution in [0.25, 0.3) is 0 Å². The van der Waals surface area contributed by atoms with Crippen molar-refractivity contribution in [3.05, 3.63) is 21.2 Å². The molecule has 0 spiro atoms. The molecule has 1 N–H and O–H groups in total. The maximum Gasteiger partial charge on any atom is 0.165 e. The summed E-state index contributed by atoms with van der Waals surface area (Å²) in [5.41, 5.74) is 3.09. The first-order valence-electron chi connectivity index (χ1n) is 9.83. The normalized spacial score (nSPS) is 27.5. The van der Waals surface area contributed by atoms with Gasteiger partial charge in [0, 0.05) is 22.0 Å². The molecule has 1 fully saturated rings. The van der Waals surface area contributed by atoms with Gasteiger partial charge in [0.1, 0.15) is 0 Å². The minimum absolute atomic E-state index is 0.166. The second-order valence-electron chi connectivity index (χ2n) is 9.12. The van der Waals surface area contributed by atoms with Crippen molar-refractivity contribution in [1.29, 1.82) is 0 Å². The number of benzene rings is 1. The molecule has 2 atom stereocenters. The van der Waals surface area contributed by atoms with Gasteiger partial charge < -0.3 is 14.6 Å². The van der Waals surface area contributed by atoms with Gasteiger partial charge in [-0.1, -0.05) is 50.0 Å². The first kappa shape index (κ1) is 20.0. The Labute approximate surface area is 166 Å². The van der Waals surface area contributed by atoms with Gasteiger partial charge in [-0.25, -0.2) is 0 Å². The van der Waals surface area contributed by atoms with Crippen molar-refractivity contribution in [2.24, 2.45) is 11.3 Å². The molecule has 0 saturated heterocycles. The summed E-state index contributed by atoms with van der Waals surface area (Å²) in [6, 6.07) is 0. The average molecular weight is 425 g/mol. The molecule has 3 rings (SSSR count). The number of fused-ring (bicyclic) bond motifs is 2. The number of halogens is 1. The Hall–Kier alpha value is -0.740. The number of ether oxygens (including phenoxy) is 2. The van der Waals surface area contributed by atoms with E-state index >= 15 is 0 Å². The van der Waals surface area contributed by atoms with E-state index in [1.54, 1.807) is 14.2 Å². The molecule has 2 aliphatic carbocycles. The van der Waals surface area contributed by atoms with Crippen LogP contribution in [0, 0.1) is 11.3 Å². The standard InChI is InChI=1S/C22H33BrO3/c1-13(2)17-18(23)14-8-9-16-21(3,4)10-7-11-22(16,24)12-15(14)19(25-5)20(17)26-6/h13,16,24H,7-12H2,1-6H3/t16-,22-/m0/s1. The zero-order valence-corrected chi connectivity index (χ0v) is 18.6. The quantitative estimate of drug-likeness (QED) is 0.682. The van der Waals surface area contributed by atoms with Crippen molar-refractivity contribution < 1.29 is 14.6 Å². The Morgan fingerprint density at radius 1 is 1.08 bits per heavy atom. The van der Waals surface area contributed by atoms with Crippen LogP contribution in [-0.4, -0.2) is 24.9 Å². The van der Waals surface area contributed by atoms with Gasteiger partial charge in [0.05, 0.1) is 19.8 Å². The molecule has 4 heteroatoms. The Morgan fingerprint density at radius 3 is 2.31 bits per heavy atom. The first-order chi connectivity index (χ1) is 12.2. The van der Waals surface area contributed by atoms with Gasteiger partial charge in [-0.15, -0.1) is 0 Å². The van der Waals surface area contributed by atoms with Crippen molar-refractivity contribution in [3.63, 3.8) is 0 Å². The summed E-state index contributed by atoms with van der Waals surface area (Å²) in [6.45, 7) is 9.01. The highest BCUT2D eigenvalue weighted by Gasteiger charge is 2.50. The van der Waals surface area contributed by atoms with Crippen molar-refractivity contribution >= 4 is 15.9 Å². The second-order valence-corrected chi connectivity index (χ2v) is 9.91. The minimum atomic E-state index is -0.663. The van der Waals surface area contributed by atoms with Crippen LogP contribution in [0.15, 0.2) is 4.47 Å². The van der Waals surface area contributed by atoms with Gasteiger partial charge >= 0.3 is 0 Å². The van der Waals surface area contributed by atoms with Crippen LogP contribution in [0.1, 0.15) is 76.0 Å². The summed E-state index contributed by atoms with van der Waals surface area (Å²) in [4.78, 5) is 0. The van der Waals surface area contributed by atoms with Gasteiger partial charge in [-0.05, 0) is 48.5 Å². The lowest BCUT2D eigenvalue weighted by Gasteiger charge is -2.49. The van der Waals surface area contributed by atoms with Crippen LogP contribution >= 0.6 is 15.9 Å². The number of hydrogen-bond acceptors (Lipinski definition) is 3. The summed E-state index contributed by atoms with van der Waals surface area (Å²) in [6.07, 6.45) is 5.77. The third-order valence-electron chi connectivity index (χ3n) is 6.76. The van der Waals surface area contributed by atoms with Gasteiger partial charge in [0.2, 0.25) is 0 Å². The fraction of sp³-hybridized carbons (Fsp3) is 0.727. The zero-order valence-electron chi connectivity index (χ0n) is 17.0. The van der Waals surface area contributed by atoms with Crippen LogP contribution in [0.5, 0.6) is 11.5 Å². The molecular formula is C22H33BrO3. The first-order valence-corrected chi connectivity index (χ1v) is 10.6. The van der Waals surface area contributed by atoms with E-state index in [2.05, 4.69) is 43.6 Å². The Bertz CT molecular complexity index is 695. The fourth-order valence-corrected chi connectivity index (χ4v) is 6.64. The fourth-order valence-electron chi connectivity index (χ4n) is 5.56. The summed E-state index contributed by atoms with van der Waals surface area (Å²) in [5.74, 6) is 2.25. The number of aliphatic hydroxyl groups is 1. The van der Waals surface area contributed by atoms with Gasteiger partial charge in [0.15, 0.2) is 11.5 Å². The maximum absolute atomic E-state index is 11.7. The Balaban J connectivity index is 2.22. The van der Waals surface area contributed by atoms with Crippen LogP contribution < -0.4 is 9.47 Å². The van der Waals surface area contributed by atoms with Crippen LogP contribution in [0.3, 0.4) is 0 Å². The molecule has 1 aromatic rings. The van der Waals surface area contributed by atoms with E-state index in [0.717, 1.165) is 47.2 Å². The highest BCUT2D eigenvalue weighted by molar-refractivity contribution is 9.10. The molecule has 0 radical (unpaired) electrons. The Morgan fingerprint density at radius 2 is 1.73 bits per heavy atom. The third kappa shape index (κ3) is 3.07. The van der Waals surface area contributed by atoms with Crippen LogP contribution in [0.4, 0.5) is 0 Å². The average Bonchev–Trinajstić information content (AvgIpc) is 2.71. The maximum atomic E-state index is 11.7. The topological polar surface area (TPSA) is 38.7 Å². The van der Waals surface area contributed by atoms with E-state index in [1.165, 1.54) is 17.5 Å². The molecule has 3 nitrogen and oxygen atoms in total. The molecule has 0 amide bonds. The van der Waals surface area contributed by atoms with Gasteiger partial charge in [0.25, 0.3) is 0 Å². The predicted molar refractivity (Wildman–Crippen MR) is 109 cm³/mol. The largest absolute Gasteiger partial charge is 0.493 e. The molecule has 0 unspecified atom stereocenters. The van der Waals surface area contributed by atoms with E-state index in [0.29, 0.717) is 18.3 Å². The Kier molecular flexibility index (Phi) is 5.40. The lowest BCUT2D eigenvalue weighted by molar-refractivity contribution is -0.102. The number of rotatable bonds is 3. The summed E-state index contributed by atoms with van der Waals surface area (Å²) >= 11 is 3.89. The lowest BCUT2D eigenvalue weighted by Crippen LogP contribution is -2.50. The molecule has 0 bridgehead atoms. The molecule has 0 heterocycles. The lowest BCUT2D eigenvalue weighted by atomic mass is 9.59. The van der Waals surface area contributed by atoms with Gasteiger partial charge in [-0.2, -0.15) is 0 Å². The molecular weight excluding hydrogens is 392 g/mol. The molecule has 1 aromatic carbocycles. The number of hydrogen-bond donors (Lipinski definition) is 1.